The Hall–Kier alpha value is -1.26. The number of carbonyl (C=O) groups excluding carboxylic acids is 1. The highest BCUT2D eigenvalue weighted by Crippen LogP contribution is 2.34. The molecule has 5 heteroatoms. The van der Waals surface area contributed by atoms with Crippen molar-refractivity contribution < 1.29 is 14.7 Å². The molecule has 1 saturated heterocycles. The number of carboxylic acid groups (broad SMARTS) is 1. The van der Waals surface area contributed by atoms with Crippen molar-refractivity contribution in [1.82, 2.24) is 10.2 Å². The van der Waals surface area contributed by atoms with Crippen molar-refractivity contribution in [3.63, 3.8) is 0 Å². The van der Waals surface area contributed by atoms with E-state index in [-0.39, 0.29) is 23.9 Å². The van der Waals surface area contributed by atoms with Gasteiger partial charge in [0.05, 0.1) is 6.42 Å². The summed E-state index contributed by atoms with van der Waals surface area (Å²) < 4.78 is 0. The van der Waals surface area contributed by atoms with Crippen LogP contribution in [0.15, 0.2) is 0 Å². The largest absolute Gasteiger partial charge is 0.481 e. The number of rotatable bonds is 3. The molecule has 5 nitrogen and oxygen atoms in total. The molecule has 1 heterocycles. The normalized spacial score (nSPS) is 22.0. The number of hydrogen-bond acceptors (Lipinski definition) is 2. The Morgan fingerprint density at radius 2 is 1.95 bits per heavy atom. The highest BCUT2D eigenvalue weighted by Gasteiger charge is 2.28. The van der Waals surface area contributed by atoms with Crippen molar-refractivity contribution in [3.05, 3.63) is 0 Å². The third-order valence-electron chi connectivity index (χ3n) is 4.09. The number of carbonyl (C=O) groups is 2. The Kier molecular flexibility index (Phi) is 5.84. The van der Waals surface area contributed by atoms with Gasteiger partial charge in [-0.05, 0) is 37.5 Å². The van der Waals surface area contributed by atoms with Crippen LogP contribution in [0.4, 0.5) is 4.79 Å². The standard InChI is InChI=1S/C15H28N2O3/c1-11(10-13(18)19)16-14(20)17-8-5-6-12(7-9-17)15(2,3)4/h11-12H,5-10H2,1-4H3,(H,16,20)(H,18,19). The third kappa shape index (κ3) is 5.39. The van der Waals surface area contributed by atoms with Crippen LogP contribution in [-0.2, 0) is 4.79 Å². The average Bonchev–Trinajstić information content (AvgIpc) is 2.51. The molecule has 0 radical (unpaired) electrons. The molecule has 0 aromatic carbocycles. The molecule has 0 aromatic rings. The second kappa shape index (κ2) is 6.95. The summed E-state index contributed by atoms with van der Waals surface area (Å²) >= 11 is 0. The molecule has 2 unspecified atom stereocenters. The minimum atomic E-state index is -0.888. The smallest absolute Gasteiger partial charge is 0.317 e. The SMILES string of the molecule is CC(CC(=O)O)NC(=O)N1CCCC(C(C)(C)C)CC1. The molecule has 2 N–H and O–H groups in total. The lowest BCUT2D eigenvalue weighted by Crippen LogP contribution is -2.45. The molecular formula is C15H28N2O3. The molecular weight excluding hydrogens is 256 g/mol. The fraction of sp³-hybridized carbons (Fsp3) is 0.867. The van der Waals surface area contributed by atoms with Crippen molar-refractivity contribution >= 4 is 12.0 Å². The van der Waals surface area contributed by atoms with Crippen LogP contribution in [0.3, 0.4) is 0 Å². The number of likely N-dealkylation sites (tertiary alicyclic amines) is 1. The molecule has 1 fully saturated rings. The summed E-state index contributed by atoms with van der Waals surface area (Å²) in [7, 11) is 0. The Bertz CT molecular complexity index is 350. The minimum Gasteiger partial charge on any atom is -0.481 e. The van der Waals surface area contributed by atoms with Gasteiger partial charge in [-0.15, -0.1) is 0 Å². The predicted molar refractivity (Wildman–Crippen MR) is 78.6 cm³/mol. The second-order valence-electron chi connectivity index (χ2n) is 6.93. The van der Waals surface area contributed by atoms with Crippen LogP contribution in [0.2, 0.25) is 0 Å². The number of urea groups is 1. The molecule has 0 aromatic heterocycles. The summed E-state index contributed by atoms with van der Waals surface area (Å²) in [5.74, 6) is -0.252. The summed E-state index contributed by atoms with van der Waals surface area (Å²) in [6, 6.07) is -0.463. The first-order valence-electron chi connectivity index (χ1n) is 7.47. The highest BCUT2D eigenvalue weighted by atomic mass is 16.4. The molecule has 2 atom stereocenters. The molecule has 2 amide bonds. The van der Waals surface area contributed by atoms with E-state index in [9.17, 15) is 9.59 Å². The Labute approximate surface area is 121 Å². The molecule has 0 saturated carbocycles. The zero-order chi connectivity index (χ0) is 15.3. The summed E-state index contributed by atoms with van der Waals surface area (Å²) in [5, 5.41) is 11.5. The second-order valence-corrected chi connectivity index (χ2v) is 6.93. The molecule has 0 bridgehead atoms. The van der Waals surface area contributed by atoms with Crippen LogP contribution < -0.4 is 5.32 Å². The Balaban J connectivity index is 2.48. The van der Waals surface area contributed by atoms with Crippen LogP contribution in [0.1, 0.15) is 53.4 Å². The first-order valence-corrected chi connectivity index (χ1v) is 7.47. The number of amides is 2. The van der Waals surface area contributed by atoms with Gasteiger partial charge in [0.25, 0.3) is 0 Å². The molecule has 1 rings (SSSR count). The van der Waals surface area contributed by atoms with Gasteiger partial charge in [0.15, 0.2) is 0 Å². The van der Waals surface area contributed by atoms with Crippen molar-refractivity contribution in [2.75, 3.05) is 13.1 Å². The maximum atomic E-state index is 12.1. The van der Waals surface area contributed by atoms with Gasteiger partial charge in [-0.1, -0.05) is 20.8 Å². The van der Waals surface area contributed by atoms with E-state index in [1.165, 1.54) is 0 Å². The number of nitrogens with one attached hydrogen (secondary N) is 1. The number of hydrogen-bond donors (Lipinski definition) is 2. The van der Waals surface area contributed by atoms with Gasteiger partial charge in [-0.3, -0.25) is 4.79 Å². The van der Waals surface area contributed by atoms with E-state index in [4.69, 9.17) is 5.11 Å². The van der Waals surface area contributed by atoms with Crippen molar-refractivity contribution in [2.24, 2.45) is 11.3 Å². The van der Waals surface area contributed by atoms with E-state index in [1.807, 2.05) is 4.90 Å². The maximum Gasteiger partial charge on any atom is 0.317 e. The van der Waals surface area contributed by atoms with Crippen LogP contribution in [0, 0.1) is 11.3 Å². The van der Waals surface area contributed by atoms with Crippen LogP contribution in [0.25, 0.3) is 0 Å². The summed E-state index contributed by atoms with van der Waals surface area (Å²) in [6.45, 7) is 10.0. The topological polar surface area (TPSA) is 69.6 Å². The van der Waals surface area contributed by atoms with E-state index in [0.29, 0.717) is 5.92 Å². The fourth-order valence-electron chi connectivity index (χ4n) is 2.78. The summed E-state index contributed by atoms with van der Waals surface area (Å²) in [6.07, 6.45) is 3.15. The van der Waals surface area contributed by atoms with Crippen LogP contribution in [0.5, 0.6) is 0 Å². The van der Waals surface area contributed by atoms with Crippen LogP contribution in [-0.4, -0.2) is 41.1 Å². The van der Waals surface area contributed by atoms with E-state index in [2.05, 4.69) is 26.1 Å². The lowest BCUT2D eigenvalue weighted by molar-refractivity contribution is -0.137. The molecule has 20 heavy (non-hydrogen) atoms. The van der Waals surface area contributed by atoms with E-state index >= 15 is 0 Å². The summed E-state index contributed by atoms with van der Waals surface area (Å²) in [5.41, 5.74) is 0.281. The van der Waals surface area contributed by atoms with Gasteiger partial charge >= 0.3 is 12.0 Å². The monoisotopic (exact) mass is 284 g/mol. The van der Waals surface area contributed by atoms with Gasteiger partial charge in [-0.25, -0.2) is 4.79 Å². The molecule has 0 aliphatic carbocycles. The zero-order valence-electron chi connectivity index (χ0n) is 13.1. The van der Waals surface area contributed by atoms with Crippen molar-refractivity contribution in [1.29, 1.82) is 0 Å². The van der Waals surface area contributed by atoms with Crippen molar-refractivity contribution in [3.8, 4) is 0 Å². The Morgan fingerprint density at radius 3 is 2.50 bits per heavy atom. The Morgan fingerprint density at radius 1 is 1.30 bits per heavy atom. The lowest BCUT2D eigenvalue weighted by atomic mass is 9.77. The maximum absolute atomic E-state index is 12.1. The highest BCUT2D eigenvalue weighted by molar-refractivity contribution is 5.75. The number of aliphatic carboxylic acids is 1. The van der Waals surface area contributed by atoms with Gasteiger partial charge in [0.1, 0.15) is 0 Å². The van der Waals surface area contributed by atoms with E-state index in [1.54, 1.807) is 6.92 Å². The minimum absolute atomic E-state index is 0.0375. The first-order chi connectivity index (χ1) is 9.20. The van der Waals surface area contributed by atoms with E-state index in [0.717, 1.165) is 32.4 Å². The van der Waals surface area contributed by atoms with Gasteiger partial charge < -0.3 is 15.3 Å². The third-order valence-corrected chi connectivity index (χ3v) is 4.09. The van der Waals surface area contributed by atoms with Crippen LogP contribution >= 0.6 is 0 Å². The zero-order valence-corrected chi connectivity index (χ0v) is 13.1. The number of carboxylic acids is 1. The van der Waals surface area contributed by atoms with Gasteiger partial charge in [-0.2, -0.15) is 0 Å². The molecule has 1 aliphatic rings. The van der Waals surface area contributed by atoms with Gasteiger partial charge in [0, 0.05) is 19.1 Å². The van der Waals surface area contributed by atoms with Crippen molar-refractivity contribution in [2.45, 2.75) is 59.4 Å². The first kappa shape index (κ1) is 16.8. The quantitative estimate of drug-likeness (QED) is 0.837. The lowest BCUT2D eigenvalue weighted by Gasteiger charge is -2.30. The average molecular weight is 284 g/mol. The van der Waals surface area contributed by atoms with E-state index < -0.39 is 5.97 Å². The van der Waals surface area contributed by atoms with Gasteiger partial charge in [0.2, 0.25) is 0 Å². The molecule has 0 spiro atoms. The predicted octanol–water partition coefficient (Wildman–Crippen LogP) is 2.71. The fourth-order valence-corrected chi connectivity index (χ4v) is 2.78. The molecule has 1 aliphatic heterocycles. The summed E-state index contributed by atoms with van der Waals surface area (Å²) in [4.78, 5) is 24.6. The number of nitrogens with zero attached hydrogens (tertiary/aromatic N) is 1. The molecule has 116 valence electrons.